The van der Waals surface area contributed by atoms with Crippen molar-refractivity contribution in [1.29, 1.82) is 0 Å². The number of carbonyl (C=O) groups is 2. The first-order valence-corrected chi connectivity index (χ1v) is 17.8. The molecule has 0 aliphatic heterocycles. The predicted octanol–water partition coefficient (Wildman–Crippen LogP) is 12.8. The molecule has 6 nitrogen and oxygen atoms in total. The summed E-state index contributed by atoms with van der Waals surface area (Å²) >= 11 is 0. The summed E-state index contributed by atoms with van der Waals surface area (Å²) in [6.07, 6.45) is -31.5. The second-order valence-electron chi connectivity index (χ2n) is 14.9. The summed E-state index contributed by atoms with van der Waals surface area (Å²) in [7, 11) is 0. The molecule has 2 N–H and O–H groups in total. The van der Waals surface area contributed by atoms with Gasteiger partial charge in [0.05, 0.1) is 23.3 Å². The molecular weight excluding hydrogens is 1200 g/mol. The fourth-order valence-electron chi connectivity index (χ4n) is 5.09. The van der Waals surface area contributed by atoms with Crippen LogP contribution in [0.3, 0.4) is 0 Å². The lowest BCUT2D eigenvalue weighted by atomic mass is 9.86. The van der Waals surface area contributed by atoms with E-state index in [1.54, 1.807) is 0 Å². The Kier molecular flexibility index (Phi) is 18.0. The smallest absolute Gasteiger partial charge is 0.459 e. The Morgan fingerprint density at radius 3 is 0.671 bits per heavy atom. The van der Waals surface area contributed by atoms with E-state index in [4.69, 9.17) is 0 Å². The molecule has 76 heavy (non-hydrogen) atoms. The molecule has 1 aromatic carbocycles. The normalized spacial score (nSPS) is 16.6. The summed E-state index contributed by atoms with van der Waals surface area (Å²) in [5.41, 5.74) is -3.16. The first-order chi connectivity index (χ1) is 32.8. The summed E-state index contributed by atoms with van der Waals surface area (Å²) in [6, 6.07) is 1.37. The summed E-state index contributed by atoms with van der Waals surface area (Å²) in [6.45, 7) is -5.00. The topological polar surface area (TPSA) is 93.1 Å². The average molecular weight is 1220 g/mol. The van der Waals surface area contributed by atoms with Gasteiger partial charge in [-0.1, -0.05) is 12.1 Å². The van der Waals surface area contributed by atoms with Gasteiger partial charge in [0, 0.05) is 12.8 Å². The fraction of sp³-hybridized carbons (Fsp3) is 0.750. The Labute approximate surface area is 389 Å². The second-order valence-corrected chi connectivity index (χ2v) is 14.9. The molecule has 0 fully saturated rings. The summed E-state index contributed by atoms with van der Waals surface area (Å²) in [4.78, 5) is 24.8. The molecule has 1 rings (SSSR count). The van der Waals surface area contributed by atoms with Crippen LogP contribution in [0.2, 0.25) is 0 Å². The first kappa shape index (κ1) is 69.4. The summed E-state index contributed by atoms with van der Waals surface area (Å²) in [5, 5.41) is 19.1. The van der Waals surface area contributed by atoms with Crippen molar-refractivity contribution in [1.82, 2.24) is 0 Å². The van der Waals surface area contributed by atoms with Crippen LogP contribution in [0.4, 0.5) is 167 Å². The quantitative estimate of drug-likeness (QED) is 0.0791. The van der Waals surface area contributed by atoms with Gasteiger partial charge >= 0.3 is 119 Å². The maximum absolute atomic E-state index is 14.3. The van der Waals surface area contributed by atoms with Crippen molar-refractivity contribution in [3.05, 3.63) is 35.4 Å². The van der Waals surface area contributed by atoms with Gasteiger partial charge in [-0.2, -0.15) is 167 Å². The van der Waals surface area contributed by atoms with Gasteiger partial charge < -0.3 is 19.7 Å². The molecule has 0 saturated heterocycles. The molecule has 44 heteroatoms. The van der Waals surface area contributed by atoms with E-state index in [1.165, 1.54) is 0 Å². The average Bonchev–Trinajstić information content (AvgIpc) is 3.22. The van der Waals surface area contributed by atoms with Crippen LogP contribution >= 0.6 is 0 Å². The zero-order chi connectivity index (χ0) is 61.5. The highest BCUT2D eigenvalue weighted by Gasteiger charge is 2.98. The van der Waals surface area contributed by atoms with E-state index < -0.39 is 168 Å². The van der Waals surface area contributed by atoms with Crippen molar-refractivity contribution >= 4 is 11.9 Å². The fourth-order valence-corrected chi connectivity index (χ4v) is 5.09. The molecular formula is C32H16F38O6. The van der Waals surface area contributed by atoms with Gasteiger partial charge in [-0.05, 0) is 12.1 Å². The van der Waals surface area contributed by atoms with E-state index in [-0.39, 0.29) is 12.1 Å². The lowest BCUT2D eigenvalue weighted by molar-refractivity contribution is -0.469. The zero-order valence-corrected chi connectivity index (χ0v) is 34.2. The molecule has 2 atom stereocenters. The highest BCUT2D eigenvalue weighted by molar-refractivity contribution is 6.03. The lowest BCUT2D eigenvalue weighted by Crippen LogP contribution is -2.75. The third-order valence-corrected chi connectivity index (χ3v) is 9.53. The SMILES string of the molecule is O=C(OCC(O)CC(F)(F)C(F)(F)C(F)(F)C(F)(F)C(F)(F)C(F)(F)C(F)(F)C(F)(F)C(F)(F)F)c1ccccc1C(=O)OCC(O)CC(F)(F)C(F)(F)C(F)(F)C(F)(F)C(F)(F)C(F)(F)C(F)(F)C(F)(F)C(F)(F)F. The zero-order valence-electron chi connectivity index (χ0n) is 34.2. The van der Waals surface area contributed by atoms with Gasteiger partial charge in [0.1, 0.15) is 13.2 Å². The van der Waals surface area contributed by atoms with Gasteiger partial charge in [-0.25, -0.2) is 9.59 Å². The van der Waals surface area contributed by atoms with E-state index in [2.05, 4.69) is 9.47 Å². The Morgan fingerprint density at radius 1 is 0.316 bits per heavy atom. The van der Waals surface area contributed by atoms with Crippen LogP contribution in [0.5, 0.6) is 0 Å². The summed E-state index contributed by atoms with van der Waals surface area (Å²) in [5.74, 6) is -146. The number of aliphatic hydroxyl groups is 2. The van der Waals surface area contributed by atoms with E-state index in [9.17, 15) is 187 Å². The van der Waals surface area contributed by atoms with Crippen LogP contribution in [0.1, 0.15) is 33.6 Å². The molecule has 2 unspecified atom stereocenters. The van der Waals surface area contributed by atoms with Gasteiger partial charge in [0.2, 0.25) is 0 Å². The van der Waals surface area contributed by atoms with Crippen LogP contribution < -0.4 is 0 Å². The van der Waals surface area contributed by atoms with Gasteiger partial charge in [-0.15, -0.1) is 0 Å². The molecule has 446 valence electrons. The Hall–Kier alpha value is -4.58. The molecule has 0 aliphatic rings. The third kappa shape index (κ3) is 10.2. The summed E-state index contributed by atoms with van der Waals surface area (Å²) < 4.78 is 523. The molecule has 0 amide bonds. The Balaban J connectivity index is 3.36. The standard InChI is InChI=1S/C32H16F38O6/c33-15(34,17(37,38)19(41,42)21(45,46)23(49,50)25(53,54)27(57,58)29(61,62)31(65,66)67)5-9(71)7-75-13(73)11-3-1-2-4-12(11)14(74)76-8-10(72)6-16(35,36)18(39,40)20(43,44)22(47,48)24(51,52)26(55,56)28(59,60)30(63,64)32(68,69)70/h1-4,9-10,71-72H,5-8H2. The van der Waals surface area contributed by atoms with E-state index in [1.807, 2.05) is 0 Å². The van der Waals surface area contributed by atoms with Gasteiger partial charge in [0.15, 0.2) is 0 Å². The van der Waals surface area contributed by atoms with Gasteiger partial charge in [-0.3, -0.25) is 0 Å². The molecule has 0 saturated carbocycles. The van der Waals surface area contributed by atoms with Crippen molar-refractivity contribution in [3.8, 4) is 0 Å². The van der Waals surface area contributed by atoms with Crippen molar-refractivity contribution in [2.24, 2.45) is 0 Å². The van der Waals surface area contributed by atoms with E-state index in [0.29, 0.717) is 12.1 Å². The number of esters is 2. The first-order valence-electron chi connectivity index (χ1n) is 17.8. The maximum Gasteiger partial charge on any atom is 0.460 e. The van der Waals surface area contributed by atoms with E-state index >= 15 is 0 Å². The molecule has 0 aromatic heterocycles. The van der Waals surface area contributed by atoms with Crippen LogP contribution in [-0.4, -0.2) is 155 Å². The lowest BCUT2D eigenvalue weighted by Gasteiger charge is -2.44. The minimum atomic E-state index is -9.33. The molecule has 0 heterocycles. The van der Waals surface area contributed by atoms with Gasteiger partial charge in [0.25, 0.3) is 0 Å². The van der Waals surface area contributed by atoms with Crippen LogP contribution in [0.15, 0.2) is 24.3 Å². The van der Waals surface area contributed by atoms with E-state index in [0.717, 1.165) is 0 Å². The Bertz CT molecular complexity index is 2070. The highest BCUT2D eigenvalue weighted by atomic mass is 19.4. The number of ether oxygens (including phenoxy) is 2. The van der Waals surface area contributed by atoms with Crippen molar-refractivity contribution < 1.29 is 196 Å². The number of aliphatic hydroxyl groups excluding tert-OH is 2. The Morgan fingerprint density at radius 2 is 0.487 bits per heavy atom. The number of benzene rings is 1. The molecule has 0 radical (unpaired) electrons. The van der Waals surface area contributed by atoms with Crippen molar-refractivity contribution in [3.63, 3.8) is 0 Å². The number of halogens is 38. The van der Waals surface area contributed by atoms with Crippen LogP contribution in [0, 0.1) is 0 Å². The van der Waals surface area contributed by atoms with Crippen molar-refractivity contribution in [2.75, 3.05) is 13.2 Å². The molecule has 0 spiro atoms. The molecule has 0 bridgehead atoms. The maximum atomic E-state index is 14.3. The molecule has 0 aliphatic carbocycles. The van der Waals surface area contributed by atoms with Crippen LogP contribution in [0.25, 0.3) is 0 Å². The predicted molar refractivity (Wildman–Crippen MR) is 160 cm³/mol. The second kappa shape index (κ2) is 19.6. The largest absolute Gasteiger partial charge is 0.460 e. The minimum Gasteiger partial charge on any atom is -0.459 e. The van der Waals surface area contributed by atoms with Crippen molar-refractivity contribution in [2.45, 2.75) is 132 Å². The minimum absolute atomic E-state index is 0.174. The number of carbonyl (C=O) groups excluding carboxylic acids is 2. The number of hydrogen-bond donors (Lipinski definition) is 2. The highest BCUT2D eigenvalue weighted by Crippen LogP contribution is 2.67. The monoisotopic (exact) mass is 1220 g/mol. The number of hydrogen-bond acceptors (Lipinski definition) is 6. The van der Waals surface area contributed by atoms with Crippen LogP contribution in [-0.2, 0) is 9.47 Å². The number of rotatable bonds is 24. The third-order valence-electron chi connectivity index (χ3n) is 9.53. The number of alkyl halides is 38. The molecule has 1 aromatic rings.